The van der Waals surface area contributed by atoms with Crippen molar-refractivity contribution < 1.29 is 23.8 Å². The first-order valence-corrected chi connectivity index (χ1v) is 6.70. The highest BCUT2D eigenvalue weighted by atomic mass is 19.3. The molecule has 0 fully saturated rings. The van der Waals surface area contributed by atoms with E-state index in [1.54, 1.807) is 24.3 Å². The van der Waals surface area contributed by atoms with E-state index >= 15 is 0 Å². The Morgan fingerprint density at radius 2 is 2.05 bits per heavy atom. The van der Waals surface area contributed by atoms with E-state index in [9.17, 15) is 13.7 Å². The van der Waals surface area contributed by atoms with Crippen LogP contribution in [0.4, 0.5) is 8.92 Å². The normalized spacial score (nSPS) is 10.5. The highest BCUT2D eigenvalue weighted by molar-refractivity contribution is 5.67. The molecule has 0 saturated heterocycles. The van der Waals surface area contributed by atoms with Gasteiger partial charge >= 0.3 is 5.97 Å². The molecule has 6 heteroatoms. The number of aliphatic carboxylic acids is 1. The number of hydrogen-bond donors (Lipinski definition) is 2. The second-order valence-corrected chi connectivity index (χ2v) is 4.74. The third-order valence-electron chi connectivity index (χ3n) is 3.11. The number of hydrogen-bond acceptors (Lipinski definition) is 3. The summed E-state index contributed by atoms with van der Waals surface area (Å²) in [6.45, 7) is 0.743. The van der Waals surface area contributed by atoms with Crippen molar-refractivity contribution in [3.05, 3.63) is 53.8 Å². The molecule has 0 amide bonds. The lowest BCUT2D eigenvalue weighted by Crippen LogP contribution is -2.17. The zero-order valence-electron chi connectivity index (χ0n) is 11.7. The minimum atomic E-state index is -0.879. The van der Waals surface area contributed by atoms with Crippen LogP contribution in [-0.2, 0) is 11.3 Å². The molecule has 0 saturated carbocycles. The summed E-state index contributed by atoms with van der Waals surface area (Å²) in [6, 6.07) is 10.6. The fourth-order valence-corrected chi connectivity index (χ4v) is 2.04. The van der Waals surface area contributed by atoms with Crippen LogP contribution in [0, 0.1) is 5.82 Å². The van der Waals surface area contributed by atoms with Gasteiger partial charge in [0.2, 0.25) is 0 Å². The van der Waals surface area contributed by atoms with Gasteiger partial charge in [-0.05, 0) is 35.4 Å². The topological polar surface area (TPSA) is 58.6 Å². The summed E-state index contributed by atoms with van der Waals surface area (Å²) in [6.07, 6.45) is 0.0178. The molecule has 0 spiro atoms. The lowest BCUT2D eigenvalue weighted by atomic mass is 10.0. The highest BCUT2D eigenvalue weighted by Gasteiger charge is 2.08. The lowest BCUT2D eigenvalue weighted by molar-refractivity contribution is -0.136. The molecule has 4 nitrogen and oxygen atoms in total. The van der Waals surface area contributed by atoms with Crippen LogP contribution in [0.2, 0.25) is 0 Å². The molecular formula is C16H15F2NO3. The quantitative estimate of drug-likeness (QED) is 0.770. The summed E-state index contributed by atoms with van der Waals surface area (Å²) in [5.74, 6) is -1.30. The summed E-state index contributed by atoms with van der Waals surface area (Å²) in [4.78, 5) is 14.1. The van der Waals surface area contributed by atoms with Crippen LogP contribution in [-0.4, -0.2) is 17.6 Å². The zero-order valence-corrected chi connectivity index (χ0v) is 11.7. The van der Waals surface area contributed by atoms with E-state index in [4.69, 9.17) is 5.11 Å². The van der Waals surface area contributed by atoms with Crippen LogP contribution in [0.15, 0.2) is 42.5 Å². The average molecular weight is 307 g/mol. The van der Waals surface area contributed by atoms with Gasteiger partial charge in [-0.3, -0.25) is 9.74 Å². The molecule has 2 N–H and O–H groups in total. The SMILES string of the molecule is O=C(O)CCNCc1ccc(F)c(-c2cccc(OF)c2)c1. The smallest absolute Gasteiger partial charge is 0.304 e. The van der Waals surface area contributed by atoms with Crippen LogP contribution >= 0.6 is 0 Å². The summed E-state index contributed by atoms with van der Waals surface area (Å²) >= 11 is 0. The van der Waals surface area contributed by atoms with Gasteiger partial charge in [0.1, 0.15) is 5.82 Å². The van der Waals surface area contributed by atoms with Crippen molar-refractivity contribution in [3.8, 4) is 16.9 Å². The van der Waals surface area contributed by atoms with Gasteiger partial charge in [-0.1, -0.05) is 18.2 Å². The first-order valence-electron chi connectivity index (χ1n) is 6.70. The molecule has 0 heterocycles. The Morgan fingerprint density at radius 1 is 1.23 bits per heavy atom. The van der Waals surface area contributed by atoms with Crippen LogP contribution < -0.4 is 10.3 Å². The predicted octanol–water partition coefficient (Wildman–Crippen LogP) is 3.32. The molecule has 2 aromatic carbocycles. The van der Waals surface area contributed by atoms with Crippen LogP contribution in [0.1, 0.15) is 12.0 Å². The van der Waals surface area contributed by atoms with Crippen molar-refractivity contribution in [2.45, 2.75) is 13.0 Å². The number of nitrogens with one attached hydrogen (secondary N) is 1. The van der Waals surface area contributed by atoms with E-state index in [2.05, 4.69) is 10.3 Å². The maximum Gasteiger partial charge on any atom is 0.304 e. The van der Waals surface area contributed by atoms with Crippen molar-refractivity contribution in [3.63, 3.8) is 0 Å². The summed E-state index contributed by atoms with van der Waals surface area (Å²) in [7, 11) is 0. The van der Waals surface area contributed by atoms with E-state index < -0.39 is 11.8 Å². The molecule has 116 valence electrons. The number of carbonyl (C=O) groups is 1. The second kappa shape index (κ2) is 7.51. The Labute approximate surface area is 126 Å². The summed E-state index contributed by atoms with van der Waals surface area (Å²) in [5, 5.41) is 11.5. The van der Waals surface area contributed by atoms with E-state index in [0.717, 1.165) is 5.56 Å². The predicted molar refractivity (Wildman–Crippen MR) is 77.5 cm³/mol. The number of rotatable bonds is 7. The molecule has 0 aromatic heterocycles. The van der Waals surface area contributed by atoms with Gasteiger partial charge in [-0.15, -0.1) is 0 Å². The molecule has 22 heavy (non-hydrogen) atoms. The van der Waals surface area contributed by atoms with E-state index in [1.165, 1.54) is 18.2 Å². The second-order valence-electron chi connectivity index (χ2n) is 4.74. The fourth-order valence-electron chi connectivity index (χ4n) is 2.04. The standard InChI is InChI=1S/C16H15F2NO3/c17-15-5-4-11(10-19-7-6-16(20)21)8-14(15)12-2-1-3-13(9-12)22-18/h1-5,8-9,19H,6-7,10H2,(H,20,21). The van der Waals surface area contributed by atoms with E-state index in [1.807, 2.05) is 0 Å². The number of carboxylic acids is 1. The molecule has 2 aromatic rings. The summed E-state index contributed by atoms with van der Waals surface area (Å²) in [5.41, 5.74) is 1.63. The molecule has 0 atom stereocenters. The maximum absolute atomic E-state index is 14.0. The Hall–Kier alpha value is -2.47. The Kier molecular flexibility index (Phi) is 5.43. The Bertz CT molecular complexity index is 662. The number of benzene rings is 2. The number of halogens is 2. The van der Waals surface area contributed by atoms with Gasteiger partial charge in [-0.2, -0.15) is 0 Å². The van der Waals surface area contributed by atoms with Gasteiger partial charge < -0.3 is 10.4 Å². The average Bonchev–Trinajstić information content (AvgIpc) is 2.53. The first kappa shape index (κ1) is 15.9. The van der Waals surface area contributed by atoms with Crippen molar-refractivity contribution in [2.24, 2.45) is 0 Å². The Balaban J connectivity index is 2.14. The zero-order chi connectivity index (χ0) is 15.9. The Morgan fingerprint density at radius 3 is 2.77 bits per heavy atom. The molecule has 0 radical (unpaired) electrons. The number of carboxylic acid groups (broad SMARTS) is 1. The molecular weight excluding hydrogens is 292 g/mol. The van der Waals surface area contributed by atoms with Gasteiger partial charge in [0, 0.05) is 23.2 Å². The maximum atomic E-state index is 14.0. The molecule has 0 aliphatic carbocycles. The molecule has 0 aliphatic rings. The molecule has 0 aliphatic heterocycles. The minimum absolute atomic E-state index is 0.00175. The minimum Gasteiger partial charge on any atom is -0.481 e. The monoisotopic (exact) mass is 307 g/mol. The van der Waals surface area contributed by atoms with E-state index in [0.29, 0.717) is 24.2 Å². The van der Waals surface area contributed by atoms with Gasteiger partial charge in [-0.25, -0.2) is 4.39 Å². The molecule has 0 bridgehead atoms. The first-order chi connectivity index (χ1) is 10.6. The molecule has 0 unspecified atom stereocenters. The van der Waals surface area contributed by atoms with Gasteiger partial charge in [0.15, 0.2) is 5.75 Å². The fraction of sp³-hybridized carbons (Fsp3) is 0.188. The summed E-state index contributed by atoms with van der Waals surface area (Å²) < 4.78 is 26.2. The van der Waals surface area contributed by atoms with Crippen molar-refractivity contribution in [1.82, 2.24) is 5.32 Å². The van der Waals surface area contributed by atoms with Crippen molar-refractivity contribution >= 4 is 5.97 Å². The van der Waals surface area contributed by atoms with E-state index in [-0.39, 0.29) is 12.2 Å². The van der Waals surface area contributed by atoms with Crippen molar-refractivity contribution in [2.75, 3.05) is 6.54 Å². The third-order valence-corrected chi connectivity index (χ3v) is 3.11. The molecule has 2 rings (SSSR count). The highest BCUT2D eigenvalue weighted by Crippen LogP contribution is 2.27. The lowest BCUT2D eigenvalue weighted by Gasteiger charge is -2.08. The van der Waals surface area contributed by atoms with Crippen molar-refractivity contribution in [1.29, 1.82) is 0 Å². The van der Waals surface area contributed by atoms with Crippen LogP contribution in [0.5, 0.6) is 5.75 Å². The van der Waals surface area contributed by atoms with Gasteiger partial charge in [0.25, 0.3) is 0 Å². The van der Waals surface area contributed by atoms with Gasteiger partial charge in [0.05, 0.1) is 6.42 Å². The van der Waals surface area contributed by atoms with Crippen LogP contribution in [0.3, 0.4) is 0 Å². The van der Waals surface area contributed by atoms with Crippen LogP contribution in [0.25, 0.3) is 11.1 Å². The largest absolute Gasteiger partial charge is 0.481 e. The third kappa shape index (κ3) is 4.26.